The first kappa shape index (κ1) is 9.14. The number of aromatic amines is 1. The number of aromatic nitrogens is 3. The minimum atomic E-state index is -0.0972. The molecule has 74 valence electrons. The molecule has 0 aliphatic carbocycles. The number of anilines is 1. The normalized spacial score (nSPS) is 10.6. The molecule has 0 saturated heterocycles. The van der Waals surface area contributed by atoms with Gasteiger partial charge in [0, 0.05) is 6.54 Å². The second-order valence-corrected chi connectivity index (χ2v) is 3.81. The average Bonchev–Trinajstić information content (AvgIpc) is 2.55. The van der Waals surface area contributed by atoms with Gasteiger partial charge < -0.3 is 10.3 Å². The fraction of sp³-hybridized carbons (Fsp3) is 0.375. The molecule has 2 aromatic heterocycles. The Bertz CT molecular complexity index is 489. The first-order valence-electron chi connectivity index (χ1n) is 4.39. The second kappa shape index (κ2) is 3.75. The number of thiazole rings is 1. The summed E-state index contributed by atoms with van der Waals surface area (Å²) in [4.78, 5) is 22.5. The largest absolute Gasteiger partial charge is 0.368 e. The second-order valence-electron chi connectivity index (χ2n) is 2.84. The van der Waals surface area contributed by atoms with Crippen LogP contribution in [0.2, 0.25) is 0 Å². The van der Waals surface area contributed by atoms with Gasteiger partial charge in [0.25, 0.3) is 0 Å². The summed E-state index contributed by atoms with van der Waals surface area (Å²) in [5, 5.41) is 3.14. The van der Waals surface area contributed by atoms with E-state index in [1.807, 2.05) is 0 Å². The lowest BCUT2D eigenvalue weighted by Gasteiger charge is -2.02. The van der Waals surface area contributed by atoms with E-state index in [4.69, 9.17) is 0 Å². The van der Waals surface area contributed by atoms with Crippen molar-refractivity contribution in [3.05, 3.63) is 16.0 Å². The van der Waals surface area contributed by atoms with Gasteiger partial charge in [-0.05, 0) is 6.42 Å². The van der Waals surface area contributed by atoms with Gasteiger partial charge >= 0.3 is 4.87 Å². The van der Waals surface area contributed by atoms with Gasteiger partial charge in [0.2, 0.25) is 0 Å². The number of H-pyrrole nitrogens is 1. The van der Waals surface area contributed by atoms with Gasteiger partial charge in [-0.1, -0.05) is 18.3 Å². The maximum atomic E-state index is 11.1. The third-order valence-electron chi connectivity index (χ3n) is 1.77. The molecule has 0 spiro atoms. The van der Waals surface area contributed by atoms with E-state index in [0.717, 1.165) is 24.3 Å². The number of rotatable bonds is 3. The zero-order valence-corrected chi connectivity index (χ0v) is 8.52. The Hall–Kier alpha value is -1.43. The molecule has 2 rings (SSSR count). The number of fused-ring (bicyclic) bond motifs is 1. The van der Waals surface area contributed by atoms with Gasteiger partial charge in [-0.2, -0.15) is 0 Å². The van der Waals surface area contributed by atoms with Crippen molar-refractivity contribution in [2.45, 2.75) is 13.3 Å². The molecule has 0 bridgehead atoms. The van der Waals surface area contributed by atoms with Crippen molar-refractivity contribution < 1.29 is 0 Å². The molecule has 6 heteroatoms. The van der Waals surface area contributed by atoms with Crippen LogP contribution in [0.25, 0.3) is 10.3 Å². The lowest BCUT2D eigenvalue weighted by molar-refractivity contribution is 0.968. The Morgan fingerprint density at radius 1 is 1.57 bits per heavy atom. The van der Waals surface area contributed by atoms with E-state index < -0.39 is 0 Å². The fourth-order valence-electron chi connectivity index (χ4n) is 1.15. The molecule has 5 nitrogen and oxygen atoms in total. The fourth-order valence-corrected chi connectivity index (χ4v) is 1.83. The molecule has 0 unspecified atom stereocenters. The van der Waals surface area contributed by atoms with Crippen LogP contribution in [-0.4, -0.2) is 21.5 Å². The quantitative estimate of drug-likeness (QED) is 0.798. The molecule has 0 amide bonds. The third-order valence-corrected chi connectivity index (χ3v) is 2.56. The lowest BCUT2D eigenvalue weighted by atomic mass is 10.4. The highest BCUT2D eigenvalue weighted by Gasteiger charge is 2.05. The van der Waals surface area contributed by atoms with Crippen molar-refractivity contribution in [3.63, 3.8) is 0 Å². The smallest absolute Gasteiger partial charge is 0.307 e. The number of nitrogens with one attached hydrogen (secondary N) is 2. The molecule has 2 N–H and O–H groups in total. The SMILES string of the molecule is CCCNc1ncnc2sc(=O)[nH]c12. The van der Waals surface area contributed by atoms with Crippen LogP contribution < -0.4 is 10.2 Å². The van der Waals surface area contributed by atoms with Crippen molar-refractivity contribution in [3.8, 4) is 0 Å². The molecule has 2 aromatic rings. The first-order chi connectivity index (χ1) is 6.81. The monoisotopic (exact) mass is 210 g/mol. The van der Waals surface area contributed by atoms with Gasteiger partial charge in [-0.15, -0.1) is 0 Å². The van der Waals surface area contributed by atoms with E-state index >= 15 is 0 Å². The topological polar surface area (TPSA) is 70.7 Å². The summed E-state index contributed by atoms with van der Waals surface area (Å²) in [6, 6.07) is 0. The standard InChI is InChI=1S/C8H10N4OS/c1-2-3-9-6-5-7(11-4-10-6)14-8(13)12-5/h4H,2-3H2,1H3,(H,12,13)(H,9,10,11). The van der Waals surface area contributed by atoms with E-state index in [1.54, 1.807) is 0 Å². The minimum Gasteiger partial charge on any atom is -0.368 e. The molecule has 0 saturated carbocycles. The van der Waals surface area contributed by atoms with Crippen LogP contribution in [0, 0.1) is 0 Å². The van der Waals surface area contributed by atoms with E-state index in [0.29, 0.717) is 16.2 Å². The molecule has 0 aliphatic rings. The van der Waals surface area contributed by atoms with Crippen molar-refractivity contribution in [2.75, 3.05) is 11.9 Å². The van der Waals surface area contributed by atoms with Crippen LogP contribution >= 0.6 is 11.3 Å². The van der Waals surface area contributed by atoms with Crippen LogP contribution in [-0.2, 0) is 0 Å². The Labute approximate surface area is 84.2 Å². The molecular weight excluding hydrogens is 200 g/mol. The van der Waals surface area contributed by atoms with Crippen LogP contribution in [0.15, 0.2) is 11.1 Å². The number of nitrogens with zero attached hydrogens (tertiary/aromatic N) is 2. The minimum absolute atomic E-state index is 0.0972. The lowest BCUT2D eigenvalue weighted by Crippen LogP contribution is -2.03. The maximum Gasteiger partial charge on any atom is 0.307 e. The molecule has 0 fully saturated rings. The summed E-state index contributed by atoms with van der Waals surface area (Å²) < 4.78 is 0. The predicted octanol–water partition coefficient (Wildman–Crippen LogP) is 1.20. The van der Waals surface area contributed by atoms with Gasteiger partial charge in [0.1, 0.15) is 16.7 Å². The van der Waals surface area contributed by atoms with Gasteiger partial charge in [0.15, 0.2) is 5.82 Å². The highest BCUT2D eigenvalue weighted by Crippen LogP contribution is 2.17. The Morgan fingerprint density at radius 2 is 2.43 bits per heavy atom. The van der Waals surface area contributed by atoms with Gasteiger partial charge in [-0.25, -0.2) is 9.97 Å². The van der Waals surface area contributed by atoms with Crippen LogP contribution in [0.5, 0.6) is 0 Å². The van der Waals surface area contributed by atoms with E-state index in [9.17, 15) is 4.79 Å². The summed E-state index contributed by atoms with van der Waals surface area (Å²) in [7, 11) is 0. The average molecular weight is 210 g/mol. The predicted molar refractivity (Wildman–Crippen MR) is 56.8 cm³/mol. The van der Waals surface area contributed by atoms with Gasteiger partial charge in [-0.3, -0.25) is 4.79 Å². The molecule has 0 aromatic carbocycles. The maximum absolute atomic E-state index is 11.1. The van der Waals surface area contributed by atoms with Crippen molar-refractivity contribution >= 4 is 27.5 Å². The zero-order valence-electron chi connectivity index (χ0n) is 7.70. The molecule has 0 radical (unpaired) electrons. The highest BCUT2D eigenvalue weighted by molar-refractivity contribution is 7.16. The Kier molecular flexibility index (Phi) is 2.45. The molecule has 0 atom stereocenters. The summed E-state index contributed by atoms with van der Waals surface area (Å²) >= 11 is 1.10. The van der Waals surface area contributed by atoms with E-state index in [2.05, 4.69) is 27.2 Å². The number of hydrogen-bond donors (Lipinski definition) is 2. The van der Waals surface area contributed by atoms with E-state index in [-0.39, 0.29) is 4.87 Å². The molecule has 14 heavy (non-hydrogen) atoms. The summed E-state index contributed by atoms with van der Waals surface area (Å²) in [5.74, 6) is 0.704. The van der Waals surface area contributed by atoms with Crippen molar-refractivity contribution in [1.29, 1.82) is 0 Å². The van der Waals surface area contributed by atoms with Crippen molar-refractivity contribution in [2.24, 2.45) is 0 Å². The first-order valence-corrected chi connectivity index (χ1v) is 5.20. The summed E-state index contributed by atoms with van der Waals surface area (Å²) in [5.41, 5.74) is 0.705. The third kappa shape index (κ3) is 1.60. The Morgan fingerprint density at radius 3 is 3.21 bits per heavy atom. The molecule has 0 aliphatic heterocycles. The van der Waals surface area contributed by atoms with E-state index in [1.165, 1.54) is 6.33 Å². The summed E-state index contributed by atoms with van der Waals surface area (Å²) in [6.45, 7) is 2.91. The number of hydrogen-bond acceptors (Lipinski definition) is 5. The van der Waals surface area contributed by atoms with Crippen LogP contribution in [0.1, 0.15) is 13.3 Å². The van der Waals surface area contributed by atoms with Crippen molar-refractivity contribution in [1.82, 2.24) is 15.0 Å². The Balaban J connectivity index is 2.47. The molecular formula is C8H10N4OS. The van der Waals surface area contributed by atoms with Crippen LogP contribution in [0.4, 0.5) is 5.82 Å². The molecule has 2 heterocycles. The highest BCUT2D eigenvalue weighted by atomic mass is 32.1. The van der Waals surface area contributed by atoms with Crippen LogP contribution in [0.3, 0.4) is 0 Å². The zero-order chi connectivity index (χ0) is 9.97. The summed E-state index contributed by atoms with van der Waals surface area (Å²) in [6.07, 6.45) is 2.48. The van der Waals surface area contributed by atoms with Gasteiger partial charge in [0.05, 0.1) is 0 Å².